The van der Waals surface area contributed by atoms with Gasteiger partial charge in [0.05, 0.1) is 17.1 Å². The number of hydrogen-bond acceptors (Lipinski definition) is 5. The number of nitrogens with one attached hydrogen (secondary N) is 1. The zero-order chi connectivity index (χ0) is 14.7. The van der Waals surface area contributed by atoms with Crippen molar-refractivity contribution in [2.45, 2.75) is 38.1 Å². The van der Waals surface area contributed by atoms with Gasteiger partial charge in [0.1, 0.15) is 0 Å². The molecule has 1 amide bonds. The van der Waals surface area contributed by atoms with Crippen molar-refractivity contribution in [3.8, 4) is 0 Å². The summed E-state index contributed by atoms with van der Waals surface area (Å²) in [5, 5.41) is 2.92. The second-order valence-electron chi connectivity index (χ2n) is 6.09. The van der Waals surface area contributed by atoms with Crippen molar-refractivity contribution < 1.29 is 4.79 Å². The SMILES string of the molecule is NCCNC(=O)C1CCCN(Cc2scnc2C2CC2)C1. The van der Waals surface area contributed by atoms with E-state index >= 15 is 0 Å². The normalized spacial score (nSPS) is 23.2. The van der Waals surface area contributed by atoms with Crippen LogP contribution in [0.5, 0.6) is 0 Å². The number of rotatable bonds is 6. The number of thiazole rings is 1. The van der Waals surface area contributed by atoms with Gasteiger partial charge >= 0.3 is 0 Å². The van der Waals surface area contributed by atoms with Crippen LogP contribution in [0.4, 0.5) is 0 Å². The van der Waals surface area contributed by atoms with E-state index in [2.05, 4.69) is 15.2 Å². The first kappa shape index (κ1) is 14.9. The van der Waals surface area contributed by atoms with Crippen molar-refractivity contribution in [1.29, 1.82) is 0 Å². The summed E-state index contributed by atoms with van der Waals surface area (Å²) in [5.74, 6) is 0.985. The Morgan fingerprint density at radius 3 is 3.10 bits per heavy atom. The van der Waals surface area contributed by atoms with Crippen LogP contribution in [0.3, 0.4) is 0 Å². The van der Waals surface area contributed by atoms with Crippen molar-refractivity contribution in [3.63, 3.8) is 0 Å². The molecule has 21 heavy (non-hydrogen) atoms. The quantitative estimate of drug-likeness (QED) is 0.831. The van der Waals surface area contributed by atoms with Gasteiger partial charge in [-0.05, 0) is 32.2 Å². The van der Waals surface area contributed by atoms with E-state index in [-0.39, 0.29) is 11.8 Å². The second kappa shape index (κ2) is 6.85. The van der Waals surface area contributed by atoms with E-state index in [1.54, 1.807) is 11.3 Å². The summed E-state index contributed by atoms with van der Waals surface area (Å²) in [6.07, 6.45) is 4.67. The maximum absolute atomic E-state index is 12.1. The molecule has 0 aromatic carbocycles. The molecule has 6 heteroatoms. The van der Waals surface area contributed by atoms with Gasteiger partial charge in [-0.25, -0.2) is 4.98 Å². The van der Waals surface area contributed by atoms with Crippen molar-refractivity contribution in [2.75, 3.05) is 26.2 Å². The lowest BCUT2D eigenvalue weighted by Crippen LogP contribution is -2.43. The highest BCUT2D eigenvalue weighted by atomic mass is 32.1. The molecule has 2 heterocycles. The van der Waals surface area contributed by atoms with Crippen molar-refractivity contribution in [2.24, 2.45) is 11.7 Å². The van der Waals surface area contributed by atoms with Crippen LogP contribution in [-0.2, 0) is 11.3 Å². The number of hydrogen-bond donors (Lipinski definition) is 2. The first-order valence-corrected chi connectivity index (χ1v) is 8.78. The van der Waals surface area contributed by atoms with E-state index in [1.807, 2.05) is 5.51 Å². The van der Waals surface area contributed by atoms with Gasteiger partial charge in [0.25, 0.3) is 0 Å². The molecule has 1 aliphatic carbocycles. The summed E-state index contributed by atoms with van der Waals surface area (Å²) < 4.78 is 0. The number of carbonyl (C=O) groups excluding carboxylic acids is 1. The Morgan fingerprint density at radius 2 is 2.33 bits per heavy atom. The maximum Gasteiger partial charge on any atom is 0.224 e. The van der Waals surface area contributed by atoms with Crippen LogP contribution in [0, 0.1) is 5.92 Å². The predicted octanol–water partition coefficient (Wildman–Crippen LogP) is 1.31. The highest BCUT2D eigenvalue weighted by Crippen LogP contribution is 2.42. The number of aromatic nitrogens is 1. The number of amides is 1. The lowest BCUT2D eigenvalue weighted by Gasteiger charge is -2.31. The molecule has 1 unspecified atom stereocenters. The van der Waals surface area contributed by atoms with E-state index in [9.17, 15) is 4.79 Å². The Kier molecular flexibility index (Phi) is 4.87. The average Bonchev–Trinajstić information content (AvgIpc) is 3.25. The summed E-state index contributed by atoms with van der Waals surface area (Å²) in [5.41, 5.74) is 8.73. The monoisotopic (exact) mass is 308 g/mol. The van der Waals surface area contributed by atoms with Crippen LogP contribution in [0.15, 0.2) is 5.51 Å². The topological polar surface area (TPSA) is 71.2 Å². The van der Waals surface area contributed by atoms with Crippen LogP contribution in [0.25, 0.3) is 0 Å². The highest BCUT2D eigenvalue weighted by Gasteiger charge is 2.30. The minimum absolute atomic E-state index is 0.114. The zero-order valence-corrected chi connectivity index (χ0v) is 13.2. The first-order chi connectivity index (χ1) is 10.3. The summed E-state index contributed by atoms with van der Waals surface area (Å²) in [4.78, 5) is 20.4. The van der Waals surface area contributed by atoms with Gasteiger partial charge in [-0.15, -0.1) is 11.3 Å². The minimum Gasteiger partial charge on any atom is -0.355 e. The largest absolute Gasteiger partial charge is 0.355 e. The minimum atomic E-state index is 0.114. The Bertz CT molecular complexity index is 486. The van der Waals surface area contributed by atoms with Gasteiger partial charge < -0.3 is 11.1 Å². The molecule has 1 aromatic heterocycles. The van der Waals surface area contributed by atoms with Gasteiger partial charge in [-0.3, -0.25) is 9.69 Å². The molecule has 2 aliphatic rings. The Labute approximate surface area is 129 Å². The van der Waals surface area contributed by atoms with Crippen LogP contribution in [0.1, 0.15) is 42.2 Å². The summed E-state index contributed by atoms with van der Waals surface area (Å²) in [6.45, 7) is 3.99. The molecule has 1 aliphatic heterocycles. The molecule has 3 rings (SSSR count). The van der Waals surface area contributed by atoms with Crippen LogP contribution in [-0.4, -0.2) is 42.0 Å². The molecule has 1 saturated carbocycles. The molecule has 0 radical (unpaired) electrons. The molecule has 0 spiro atoms. The fraction of sp³-hybridized carbons (Fsp3) is 0.733. The molecular weight excluding hydrogens is 284 g/mol. The number of piperidine rings is 1. The standard InChI is InChI=1S/C15H24N4OS/c16-5-6-17-15(20)12-2-1-7-19(8-12)9-13-14(11-3-4-11)18-10-21-13/h10-12H,1-9,16H2,(H,17,20). The molecule has 1 saturated heterocycles. The lowest BCUT2D eigenvalue weighted by molar-refractivity contribution is -0.126. The fourth-order valence-electron chi connectivity index (χ4n) is 3.04. The number of likely N-dealkylation sites (tertiary alicyclic amines) is 1. The summed E-state index contributed by atoms with van der Waals surface area (Å²) in [6, 6.07) is 0. The van der Waals surface area contributed by atoms with E-state index in [0.717, 1.165) is 32.5 Å². The number of nitrogens with two attached hydrogens (primary N) is 1. The predicted molar refractivity (Wildman–Crippen MR) is 84.2 cm³/mol. The van der Waals surface area contributed by atoms with E-state index < -0.39 is 0 Å². The van der Waals surface area contributed by atoms with Gasteiger partial charge in [-0.1, -0.05) is 0 Å². The molecule has 0 bridgehead atoms. The maximum atomic E-state index is 12.1. The first-order valence-electron chi connectivity index (χ1n) is 7.90. The van der Waals surface area contributed by atoms with Crippen molar-refractivity contribution in [3.05, 3.63) is 16.1 Å². The third-order valence-electron chi connectivity index (χ3n) is 4.32. The van der Waals surface area contributed by atoms with Gasteiger partial charge in [-0.2, -0.15) is 0 Å². The molecule has 5 nitrogen and oxygen atoms in total. The molecule has 1 atom stereocenters. The van der Waals surface area contributed by atoms with Gasteiger partial charge in [0, 0.05) is 37.0 Å². The Hall–Kier alpha value is -0.980. The number of nitrogens with zero attached hydrogens (tertiary/aromatic N) is 2. The smallest absolute Gasteiger partial charge is 0.224 e. The molecular formula is C15H24N4OS. The van der Waals surface area contributed by atoms with Crippen LogP contribution < -0.4 is 11.1 Å². The van der Waals surface area contributed by atoms with E-state index in [4.69, 9.17) is 5.73 Å². The molecule has 1 aromatic rings. The van der Waals surface area contributed by atoms with Crippen molar-refractivity contribution in [1.82, 2.24) is 15.2 Å². The van der Waals surface area contributed by atoms with Gasteiger partial charge in [0.2, 0.25) is 5.91 Å². The summed E-state index contributed by atoms with van der Waals surface area (Å²) in [7, 11) is 0. The Balaban J connectivity index is 1.55. The summed E-state index contributed by atoms with van der Waals surface area (Å²) >= 11 is 1.77. The molecule has 3 N–H and O–H groups in total. The zero-order valence-electron chi connectivity index (χ0n) is 12.4. The lowest BCUT2D eigenvalue weighted by atomic mass is 9.97. The van der Waals surface area contributed by atoms with E-state index in [1.165, 1.54) is 23.4 Å². The second-order valence-corrected chi connectivity index (χ2v) is 7.03. The molecule has 116 valence electrons. The average molecular weight is 308 g/mol. The highest BCUT2D eigenvalue weighted by molar-refractivity contribution is 7.09. The van der Waals surface area contributed by atoms with Gasteiger partial charge in [0.15, 0.2) is 0 Å². The van der Waals surface area contributed by atoms with E-state index in [0.29, 0.717) is 19.0 Å². The third kappa shape index (κ3) is 3.81. The Morgan fingerprint density at radius 1 is 1.48 bits per heavy atom. The van der Waals surface area contributed by atoms with Crippen LogP contribution >= 0.6 is 11.3 Å². The number of carbonyl (C=O) groups is 1. The third-order valence-corrected chi connectivity index (χ3v) is 5.16. The fourth-order valence-corrected chi connectivity index (χ4v) is 3.93. The van der Waals surface area contributed by atoms with Crippen molar-refractivity contribution >= 4 is 17.2 Å². The molecule has 2 fully saturated rings. The van der Waals surface area contributed by atoms with Crippen LogP contribution in [0.2, 0.25) is 0 Å².